The highest BCUT2D eigenvalue weighted by Gasteiger charge is 2.35. The van der Waals surface area contributed by atoms with Gasteiger partial charge in [0.1, 0.15) is 5.57 Å². The van der Waals surface area contributed by atoms with Crippen molar-refractivity contribution in [3.63, 3.8) is 0 Å². The van der Waals surface area contributed by atoms with Crippen LogP contribution in [0.3, 0.4) is 0 Å². The number of hydrogen-bond acceptors (Lipinski definition) is 5. The summed E-state index contributed by atoms with van der Waals surface area (Å²) in [5.41, 5.74) is 1.22. The van der Waals surface area contributed by atoms with Crippen molar-refractivity contribution in [3.05, 3.63) is 88.7 Å². The van der Waals surface area contributed by atoms with Gasteiger partial charge in [-0.05, 0) is 73.7 Å². The van der Waals surface area contributed by atoms with Gasteiger partial charge in [0, 0.05) is 11.2 Å². The summed E-state index contributed by atoms with van der Waals surface area (Å²) in [6.45, 7) is 1.85. The summed E-state index contributed by atoms with van der Waals surface area (Å²) in [7, 11) is -3.93. The third-order valence-corrected chi connectivity index (χ3v) is 7.05. The third-order valence-electron chi connectivity index (χ3n) is 4.80. The molecular formula is C22H16ClN3O4S2. The van der Waals surface area contributed by atoms with Gasteiger partial charge in [0.05, 0.1) is 16.3 Å². The SMILES string of the molecule is Cc1ccc(S(=O)(=O)n2cccc2C=C2C(=O)NC(=S)N(c3ccc(Cl)cc3)C2=O)cc1. The zero-order valence-electron chi connectivity index (χ0n) is 16.7. The Kier molecular flexibility index (Phi) is 5.72. The monoisotopic (exact) mass is 485 g/mol. The molecule has 7 nitrogen and oxygen atoms in total. The minimum Gasteiger partial charge on any atom is -0.298 e. The highest BCUT2D eigenvalue weighted by molar-refractivity contribution is 7.90. The smallest absolute Gasteiger partial charge is 0.270 e. The van der Waals surface area contributed by atoms with Crippen LogP contribution in [0.4, 0.5) is 5.69 Å². The summed E-state index contributed by atoms with van der Waals surface area (Å²) in [6.07, 6.45) is 2.59. The van der Waals surface area contributed by atoms with Crippen LogP contribution in [0.25, 0.3) is 6.08 Å². The van der Waals surface area contributed by atoms with Crippen molar-refractivity contribution in [1.29, 1.82) is 0 Å². The number of carbonyl (C=O) groups is 2. The Morgan fingerprint density at radius 3 is 2.31 bits per heavy atom. The molecule has 4 rings (SSSR count). The van der Waals surface area contributed by atoms with E-state index in [4.69, 9.17) is 23.8 Å². The average molecular weight is 486 g/mol. The summed E-state index contributed by atoms with van der Waals surface area (Å²) < 4.78 is 27.2. The number of aromatic nitrogens is 1. The van der Waals surface area contributed by atoms with Gasteiger partial charge in [0.25, 0.3) is 21.8 Å². The first-order valence-corrected chi connectivity index (χ1v) is 11.6. The molecule has 0 bridgehead atoms. The third kappa shape index (κ3) is 3.97. The van der Waals surface area contributed by atoms with Gasteiger partial charge in [0.2, 0.25) is 0 Å². The molecule has 1 N–H and O–H groups in total. The quantitative estimate of drug-likeness (QED) is 0.347. The van der Waals surface area contributed by atoms with Crippen LogP contribution in [0.1, 0.15) is 11.3 Å². The Morgan fingerprint density at radius 2 is 1.66 bits per heavy atom. The fraction of sp³-hybridized carbons (Fsp3) is 0.0455. The van der Waals surface area contributed by atoms with Crippen LogP contribution in [0, 0.1) is 6.92 Å². The van der Waals surface area contributed by atoms with Gasteiger partial charge in [-0.1, -0.05) is 29.3 Å². The zero-order chi connectivity index (χ0) is 23.0. The van der Waals surface area contributed by atoms with E-state index < -0.39 is 21.8 Å². The number of rotatable bonds is 4. The molecule has 1 aromatic heterocycles. The van der Waals surface area contributed by atoms with Gasteiger partial charge in [-0.3, -0.25) is 19.8 Å². The van der Waals surface area contributed by atoms with E-state index in [-0.39, 0.29) is 21.3 Å². The molecule has 0 saturated carbocycles. The van der Waals surface area contributed by atoms with Crippen molar-refractivity contribution < 1.29 is 18.0 Å². The maximum absolute atomic E-state index is 13.1. The molecule has 0 unspecified atom stereocenters. The van der Waals surface area contributed by atoms with Crippen molar-refractivity contribution in [3.8, 4) is 0 Å². The molecule has 2 amide bonds. The number of nitrogens with one attached hydrogen (secondary N) is 1. The van der Waals surface area contributed by atoms with Crippen molar-refractivity contribution >= 4 is 62.5 Å². The molecular weight excluding hydrogens is 470 g/mol. The van der Waals surface area contributed by atoms with E-state index in [0.29, 0.717) is 10.7 Å². The topological polar surface area (TPSA) is 88.5 Å². The van der Waals surface area contributed by atoms with Gasteiger partial charge >= 0.3 is 0 Å². The van der Waals surface area contributed by atoms with Gasteiger partial charge in [0.15, 0.2) is 5.11 Å². The average Bonchev–Trinajstić information content (AvgIpc) is 3.22. The highest BCUT2D eigenvalue weighted by Crippen LogP contribution is 2.25. The summed E-state index contributed by atoms with van der Waals surface area (Å²) in [4.78, 5) is 26.9. The molecule has 0 atom stereocenters. The van der Waals surface area contributed by atoms with E-state index in [1.807, 2.05) is 6.92 Å². The largest absolute Gasteiger partial charge is 0.298 e. The fourth-order valence-corrected chi connectivity index (χ4v) is 4.90. The first-order valence-electron chi connectivity index (χ1n) is 9.35. The molecule has 1 aliphatic rings. The van der Waals surface area contributed by atoms with Crippen LogP contribution < -0.4 is 10.2 Å². The van der Waals surface area contributed by atoms with Gasteiger partial charge < -0.3 is 0 Å². The second kappa shape index (κ2) is 8.34. The van der Waals surface area contributed by atoms with E-state index in [1.54, 1.807) is 36.4 Å². The van der Waals surface area contributed by atoms with Crippen LogP contribution in [-0.4, -0.2) is 29.3 Å². The Bertz CT molecular complexity index is 1380. The molecule has 1 saturated heterocycles. The Hall–Kier alpha value is -3.27. The number of halogens is 1. The standard InChI is InChI=1S/C22H16ClN3O4S2/c1-14-4-10-18(11-5-14)32(29,30)25-12-2-3-17(25)13-19-20(27)24-22(31)26(21(19)28)16-8-6-15(23)7-9-16/h2-13H,1H3,(H,24,27,31). The molecule has 0 spiro atoms. The van der Waals surface area contributed by atoms with Gasteiger partial charge in [-0.2, -0.15) is 0 Å². The molecule has 162 valence electrons. The number of thiocarbonyl (C=S) groups is 1. The molecule has 1 aliphatic heterocycles. The number of benzene rings is 2. The minimum atomic E-state index is -3.93. The maximum Gasteiger partial charge on any atom is 0.270 e. The van der Waals surface area contributed by atoms with Crippen LogP contribution >= 0.6 is 23.8 Å². The molecule has 0 aliphatic carbocycles. The predicted molar refractivity (Wildman–Crippen MR) is 126 cm³/mol. The van der Waals surface area contributed by atoms with E-state index in [1.165, 1.54) is 36.5 Å². The number of anilines is 1. The lowest BCUT2D eigenvalue weighted by Gasteiger charge is -2.29. The maximum atomic E-state index is 13.1. The molecule has 1 fully saturated rings. The van der Waals surface area contributed by atoms with Crippen LogP contribution in [0.15, 0.2) is 77.3 Å². The van der Waals surface area contributed by atoms with Gasteiger partial charge in [-0.15, -0.1) is 0 Å². The number of aryl methyl sites for hydroxylation is 1. The van der Waals surface area contributed by atoms with Gasteiger partial charge in [-0.25, -0.2) is 12.4 Å². The van der Waals surface area contributed by atoms with Crippen molar-refractivity contribution in [1.82, 2.24) is 9.29 Å². The molecule has 10 heteroatoms. The van der Waals surface area contributed by atoms with Crippen LogP contribution in [0.2, 0.25) is 5.02 Å². The minimum absolute atomic E-state index is 0.0814. The Labute approximate surface area is 195 Å². The van der Waals surface area contributed by atoms with E-state index in [2.05, 4.69) is 5.32 Å². The second-order valence-corrected chi connectivity index (χ2v) is 9.62. The van der Waals surface area contributed by atoms with E-state index in [0.717, 1.165) is 14.4 Å². The Balaban J connectivity index is 1.76. The first-order chi connectivity index (χ1) is 15.2. The normalized spacial score (nSPS) is 15.9. The first kappa shape index (κ1) is 21.9. The fourth-order valence-electron chi connectivity index (χ4n) is 3.16. The number of hydrogen-bond donors (Lipinski definition) is 1. The summed E-state index contributed by atoms with van der Waals surface area (Å²) in [6, 6.07) is 15.8. The molecule has 32 heavy (non-hydrogen) atoms. The summed E-state index contributed by atoms with van der Waals surface area (Å²) >= 11 is 11.1. The second-order valence-electron chi connectivity index (χ2n) is 6.98. The lowest BCUT2D eigenvalue weighted by Crippen LogP contribution is -2.54. The van der Waals surface area contributed by atoms with E-state index >= 15 is 0 Å². The van der Waals surface area contributed by atoms with E-state index in [9.17, 15) is 18.0 Å². The van der Waals surface area contributed by atoms with Crippen molar-refractivity contribution in [2.24, 2.45) is 0 Å². The highest BCUT2D eigenvalue weighted by atomic mass is 35.5. The van der Waals surface area contributed by atoms with Crippen LogP contribution in [0.5, 0.6) is 0 Å². The molecule has 2 aromatic carbocycles. The van der Waals surface area contributed by atoms with Crippen molar-refractivity contribution in [2.75, 3.05) is 4.90 Å². The molecule has 0 radical (unpaired) electrons. The molecule has 2 heterocycles. The lowest BCUT2D eigenvalue weighted by molar-refractivity contribution is -0.122. The summed E-state index contributed by atoms with van der Waals surface area (Å²) in [5.74, 6) is -1.40. The summed E-state index contributed by atoms with van der Waals surface area (Å²) in [5, 5.41) is 2.86. The Morgan fingerprint density at radius 1 is 1.00 bits per heavy atom. The van der Waals surface area contributed by atoms with Crippen LogP contribution in [-0.2, 0) is 19.6 Å². The molecule has 3 aromatic rings. The van der Waals surface area contributed by atoms with Crippen molar-refractivity contribution in [2.45, 2.75) is 11.8 Å². The predicted octanol–water partition coefficient (Wildman–Crippen LogP) is 3.52. The number of carbonyl (C=O) groups excluding carboxylic acids is 2. The zero-order valence-corrected chi connectivity index (χ0v) is 19.0. The number of nitrogens with zero attached hydrogens (tertiary/aromatic N) is 2. The lowest BCUT2D eigenvalue weighted by atomic mass is 10.1. The number of amides is 2.